The fourth-order valence-electron chi connectivity index (χ4n) is 16.1. The summed E-state index contributed by atoms with van der Waals surface area (Å²) in [6, 6.07) is 34.8. The number of thiophene rings is 5. The van der Waals surface area contributed by atoms with Crippen molar-refractivity contribution in [3.8, 4) is 84.4 Å². The van der Waals surface area contributed by atoms with Crippen LogP contribution in [0.1, 0.15) is 96.3 Å². The number of rotatable bonds is 14. The van der Waals surface area contributed by atoms with Gasteiger partial charge in [-0.1, -0.05) is 76.7 Å². The molecule has 0 radical (unpaired) electrons. The lowest BCUT2D eigenvalue weighted by Gasteiger charge is -2.26. The van der Waals surface area contributed by atoms with Gasteiger partial charge in [0.1, 0.15) is 46.6 Å². The van der Waals surface area contributed by atoms with Gasteiger partial charge in [-0.05, 0) is 174 Å². The van der Waals surface area contributed by atoms with E-state index in [2.05, 4.69) is 24.5 Å². The second-order valence-corrected chi connectivity index (χ2v) is 36.6. The normalized spacial score (nSPS) is 14.9. The molecule has 15 heterocycles. The molecule has 124 heavy (non-hydrogen) atoms. The van der Waals surface area contributed by atoms with Crippen LogP contribution in [-0.2, 0) is 0 Å². The molecule has 5 aliphatic heterocycles. The third kappa shape index (κ3) is 19.0. The van der Waals surface area contributed by atoms with Crippen molar-refractivity contribution in [3.05, 3.63) is 225 Å². The number of benzene rings is 5. The number of hydrogen-bond donors (Lipinski definition) is 1. The summed E-state index contributed by atoms with van der Waals surface area (Å²) in [5.74, 6) is 5.04. The van der Waals surface area contributed by atoms with Crippen molar-refractivity contribution < 1.29 is 50.5 Å². The van der Waals surface area contributed by atoms with E-state index in [9.17, 15) is 33.5 Å². The highest BCUT2D eigenvalue weighted by Crippen LogP contribution is 2.46. The fraction of sp³-hybridized carbons (Fsp3) is 0.309. The van der Waals surface area contributed by atoms with E-state index in [1.54, 1.807) is 82.0 Å². The Labute approximate surface area is 752 Å². The van der Waals surface area contributed by atoms with Crippen molar-refractivity contribution in [2.45, 2.75) is 96.3 Å². The van der Waals surface area contributed by atoms with Crippen LogP contribution in [0.3, 0.4) is 0 Å². The van der Waals surface area contributed by atoms with Crippen molar-refractivity contribution in [1.82, 2.24) is 0 Å². The molecule has 0 amide bonds. The number of nitrogens with zero attached hydrogens (tertiary/aromatic N) is 5. The molecular formula is C94H88Cl4FN5O15S5. The van der Waals surface area contributed by atoms with Crippen LogP contribution in [0.15, 0.2) is 194 Å². The van der Waals surface area contributed by atoms with Crippen molar-refractivity contribution >= 4 is 184 Å². The van der Waals surface area contributed by atoms with E-state index in [1.165, 1.54) is 102 Å². The van der Waals surface area contributed by atoms with Gasteiger partial charge in [-0.2, -0.15) is 0 Å². The molecule has 5 aromatic carbocycles. The average molecular weight is 1850 g/mol. The molecule has 0 spiro atoms. The second kappa shape index (κ2) is 39.5. The van der Waals surface area contributed by atoms with E-state index >= 15 is 0 Å². The number of anilines is 5. The molecule has 30 heteroatoms. The van der Waals surface area contributed by atoms with Crippen LogP contribution in [0, 0.1) is 5.82 Å². The highest BCUT2D eigenvalue weighted by molar-refractivity contribution is 7.19. The Hall–Kier alpha value is -10.3. The maximum Gasteiger partial charge on any atom is 0.204 e. The standard InChI is InChI=1S/C19H18ClNO4S.2C19H18ClNO3S.C19H19NO3S.C18H15ClFNO2S/c1-24-15-8-11(7-13(20)17(15)23)12-10-26-19-14(22)9-16(25-18(12)19)21-5-3-2-4-6-21;1-23-16-6-5-12(9-14(16)20)13-11-25-19-15(22)10-17(24-18(13)19)21-7-3-2-4-8-21;1-23-16-6-5-12(20)9-13(16)14-11-25-19-15(22)10-17(24-18(14)19)21-7-3-2-4-8-21;1-22-16-8-4-3-7-13(16)14-12-24-19-15(21)11-17(23-18(14)19)20-9-5-2-6-10-20;19-13-8-11(4-5-14(13)20)12-10-24-18-15(22)9-16(23-17(12)18)21-6-2-1-3-7-21/h7-10,23H,2-6H2,1H3;2*5-6,9-11H,2-4,7-8H2,1H3;3-4,7-8,11-12H,2,5-6,9-10H2,1H3;4-5,8-10H,1-3,6-7H2. The Balaban J connectivity index is 0.000000115. The molecule has 0 atom stereocenters. The summed E-state index contributed by atoms with van der Waals surface area (Å²) in [7, 11) is 6.33. The van der Waals surface area contributed by atoms with E-state index in [-0.39, 0.29) is 48.7 Å². The highest BCUT2D eigenvalue weighted by atomic mass is 35.5. The molecule has 20 nitrogen and oxygen atoms in total. The number of halogens is 5. The number of hydrogen-bond acceptors (Lipinski definition) is 25. The molecular weight excluding hydrogens is 1760 g/mol. The van der Waals surface area contributed by atoms with Gasteiger partial charge in [-0.3, -0.25) is 24.0 Å². The molecule has 644 valence electrons. The minimum atomic E-state index is -0.463. The van der Waals surface area contributed by atoms with Crippen LogP contribution in [0.4, 0.5) is 33.8 Å². The number of piperidine rings is 5. The zero-order valence-electron chi connectivity index (χ0n) is 68.4. The zero-order chi connectivity index (χ0) is 86.2. The number of fused-ring (bicyclic) bond motifs is 5. The molecule has 10 aromatic heterocycles. The monoisotopic (exact) mass is 1850 g/mol. The molecule has 5 saturated heterocycles. The molecule has 15 aromatic rings. The Kier molecular flexibility index (Phi) is 27.8. The predicted octanol–water partition coefficient (Wildman–Crippen LogP) is 25.1. The van der Waals surface area contributed by atoms with Crippen LogP contribution in [0.2, 0.25) is 20.1 Å². The first-order chi connectivity index (χ1) is 60.3. The topological polar surface area (TPSA) is 224 Å². The number of para-hydroxylation sites is 1. The molecule has 0 saturated carbocycles. The van der Waals surface area contributed by atoms with Crippen LogP contribution in [0.25, 0.3) is 107 Å². The largest absolute Gasteiger partial charge is 0.503 e. The lowest BCUT2D eigenvalue weighted by atomic mass is 10.1. The predicted molar refractivity (Wildman–Crippen MR) is 507 cm³/mol. The van der Waals surface area contributed by atoms with Crippen LogP contribution < -0.4 is 70.6 Å². The average Bonchev–Trinajstić information content (AvgIpc) is 1.62. The molecule has 5 fully saturated rings. The molecule has 0 aliphatic carbocycles. The van der Waals surface area contributed by atoms with Crippen molar-refractivity contribution in [3.63, 3.8) is 0 Å². The zero-order valence-corrected chi connectivity index (χ0v) is 75.5. The van der Waals surface area contributed by atoms with Crippen LogP contribution in [-0.4, -0.2) is 99.0 Å². The number of aromatic hydroxyl groups is 1. The van der Waals surface area contributed by atoms with E-state index < -0.39 is 5.82 Å². The lowest BCUT2D eigenvalue weighted by molar-refractivity contribution is 0.374. The summed E-state index contributed by atoms with van der Waals surface area (Å²) in [6.07, 6.45) is 17.3. The Morgan fingerprint density at radius 3 is 0.976 bits per heavy atom. The minimum Gasteiger partial charge on any atom is -0.503 e. The lowest BCUT2D eigenvalue weighted by Crippen LogP contribution is -2.29. The summed E-state index contributed by atoms with van der Waals surface area (Å²) in [6.45, 7) is 9.20. The van der Waals surface area contributed by atoms with Crippen molar-refractivity contribution in [2.75, 3.05) is 118 Å². The first-order valence-electron chi connectivity index (χ1n) is 41.2. The van der Waals surface area contributed by atoms with E-state index in [0.29, 0.717) is 102 Å². The van der Waals surface area contributed by atoms with Gasteiger partial charge in [-0.15, -0.1) is 56.7 Å². The summed E-state index contributed by atoms with van der Waals surface area (Å²) < 4.78 is 68.6. The number of phenolic OH excluding ortho intramolecular Hbond substituents is 1. The van der Waals surface area contributed by atoms with Gasteiger partial charge in [0.2, 0.25) is 27.1 Å². The number of phenols is 1. The molecule has 5 aliphatic rings. The Morgan fingerprint density at radius 1 is 0.306 bits per heavy atom. The smallest absolute Gasteiger partial charge is 0.204 e. The van der Waals surface area contributed by atoms with Gasteiger partial charge in [0.05, 0.1) is 43.5 Å². The molecule has 20 rings (SSSR count). The maximum atomic E-state index is 13.4. The SMILES string of the molecule is COc1cc(-c2csc3c(=O)cc(N4CCCCC4)oc23)cc(Cl)c1O.COc1ccc(-c2csc3c(=O)cc(N4CCCCC4)oc23)cc1Cl.COc1ccc(Cl)cc1-c1csc2c(=O)cc(N3CCCCC3)oc12.COc1ccccc1-c1csc2c(=O)cc(N3CCCCC3)oc12.O=c1cc(N2CCCCC2)oc2c(-c3ccc(F)c(Cl)c3)csc12. The van der Waals surface area contributed by atoms with Gasteiger partial charge in [0.25, 0.3) is 0 Å². The van der Waals surface area contributed by atoms with Gasteiger partial charge < -0.3 is 70.6 Å². The molecule has 0 unspecified atom stereocenters. The first-order valence-corrected chi connectivity index (χ1v) is 47.1. The van der Waals surface area contributed by atoms with Gasteiger partial charge in [-0.25, -0.2) is 4.39 Å². The van der Waals surface area contributed by atoms with Gasteiger partial charge >= 0.3 is 0 Å². The van der Waals surface area contributed by atoms with Gasteiger partial charge in [0, 0.05) is 167 Å². The van der Waals surface area contributed by atoms with E-state index in [1.807, 2.05) is 81.5 Å². The van der Waals surface area contributed by atoms with Crippen molar-refractivity contribution in [1.29, 1.82) is 0 Å². The third-order valence-electron chi connectivity index (χ3n) is 22.6. The third-order valence-corrected chi connectivity index (χ3v) is 28.6. The van der Waals surface area contributed by atoms with Gasteiger partial charge in [0.15, 0.2) is 68.8 Å². The van der Waals surface area contributed by atoms with E-state index in [0.717, 1.165) is 191 Å². The van der Waals surface area contributed by atoms with Crippen molar-refractivity contribution in [2.24, 2.45) is 0 Å². The van der Waals surface area contributed by atoms with Crippen LogP contribution in [0.5, 0.6) is 28.7 Å². The first kappa shape index (κ1) is 87.2. The quantitative estimate of drug-likeness (QED) is 0.107. The molecule has 0 bridgehead atoms. The minimum absolute atomic E-state index is 0.000863. The molecule has 1 N–H and O–H groups in total. The summed E-state index contributed by atoms with van der Waals surface area (Å²) in [5.41, 5.74) is 11.3. The number of methoxy groups -OCH3 is 4. The maximum absolute atomic E-state index is 13.4. The summed E-state index contributed by atoms with van der Waals surface area (Å²) in [5, 5.41) is 21.0. The van der Waals surface area contributed by atoms with Crippen LogP contribution >= 0.6 is 103 Å². The Morgan fingerprint density at radius 2 is 0.613 bits per heavy atom. The number of ether oxygens (including phenoxy) is 4. The Bertz CT molecular complexity index is 6700. The highest BCUT2D eigenvalue weighted by Gasteiger charge is 2.27. The summed E-state index contributed by atoms with van der Waals surface area (Å²) >= 11 is 31.4. The second-order valence-electron chi connectivity index (χ2n) is 30.6. The summed E-state index contributed by atoms with van der Waals surface area (Å²) in [4.78, 5) is 73.4. The fourth-order valence-corrected chi connectivity index (χ4v) is 21.5. The van der Waals surface area contributed by atoms with E-state index in [4.69, 9.17) is 87.4 Å².